The van der Waals surface area contributed by atoms with Gasteiger partial charge in [-0.15, -0.1) is 0 Å². The molecule has 0 aliphatic carbocycles. The van der Waals surface area contributed by atoms with E-state index >= 15 is 0 Å². The number of carbonyl (C=O) groups is 1. The number of nitrogens with zero attached hydrogens (tertiary/aromatic N) is 1. The van der Waals surface area contributed by atoms with E-state index in [1.807, 2.05) is 0 Å². The molecule has 1 atom stereocenters. The Kier molecular flexibility index (Phi) is 8.89. The topological polar surface area (TPSA) is 149 Å². The monoisotopic (exact) mass is 371 g/mol. The third-order valence-corrected chi connectivity index (χ3v) is 4.60. The molecule has 10 heteroatoms. The van der Waals surface area contributed by atoms with E-state index in [1.165, 1.54) is 12.1 Å². The van der Waals surface area contributed by atoms with Crippen molar-refractivity contribution in [2.75, 3.05) is 26.3 Å². The number of aliphatic imine (C=N–C) groups is 1. The largest absolute Gasteiger partial charge is 0.372 e. The second-order valence-electron chi connectivity index (χ2n) is 5.35. The predicted molar refractivity (Wildman–Crippen MR) is 95.3 cm³/mol. The van der Waals surface area contributed by atoms with Gasteiger partial charge >= 0.3 is 0 Å². The normalized spacial score (nSPS) is 12.4. The number of hydrogen-bond acceptors (Lipinski definition) is 5. The van der Waals surface area contributed by atoms with Crippen LogP contribution in [0.4, 0.5) is 0 Å². The van der Waals surface area contributed by atoms with Crippen molar-refractivity contribution in [3.05, 3.63) is 30.3 Å². The highest BCUT2D eigenvalue weighted by Gasteiger charge is 2.17. The van der Waals surface area contributed by atoms with E-state index in [-0.39, 0.29) is 29.9 Å². The van der Waals surface area contributed by atoms with Crippen LogP contribution in [0.5, 0.6) is 0 Å². The zero-order valence-corrected chi connectivity index (χ0v) is 15.0. The number of sulfonamides is 1. The standard InChI is InChI=1S/C15H25N5O4S/c1-12(20-25(22,23)13-6-3-2-4-7-13)10-19-14(21)11-24-9-5-8-18-15(16)17/h2-4,6-7,12,20H,5,8-11H2,1H3,(H,19,21)(H4,16,17,18). The van der Waals surface area contributed by atoms with Crippen LogP contribution in [0.1, 0.15) is 13.3 Å². The fourth-order valence-corrected chi connectivity index (χ4v) is 3.10. The highest BCUT2D eigenvalue weighted by atomic mass is 32.2. The van der Waals surface area contributed by atoms with Crippen LogP contribution in [-0.2, 0) is 19.6 Å². The van der Waals surface area contributed by atoms with Crippen molar-refractivity contribution in [3.63, 3.8) is 0 Å². The molecule has 25 heavy (non-hydrogen) atoms. The van der Waals surface area contributed by atoms with Crippen molar-refractivity contribution in [2.45, 2.75) is 24.3 Å². The molecule has 9 nitrogen and oxygen atoms in total. The maximum atomic E-state index is 12.1. The summed E-state index contributed by atoms with van der Waals surface area (Å²) in [5, 5.41) is 2.61. The van der Waals surface area contributed by atoms with Gasteiger partial charge in [0, 0.05) is 25.7 Å². The number of ether oxygens (including phenoxy) is 1. The lowest BCUT2D eigenvalue weighted by molar-refractivity contribution is -0.125. The SMILES string of the molecule is CC(CNC(=O)COCCCN=C(N)N)NS(=O)(=O)c1ccccc1. The number of hydrogen-bond donors (Lipinski definition) is 4. The van der Waals surface area contributed by atoms with Gasteiger partial charge in [-0.05, 0) is 25.5 Å². The maximum Gasteiger partial charge on any atom is 0.246 e. The van der Waals surface area contributed by atoms with Gasteiger partial charge in [-0.2, -0.15) is 0 Å². The van der Waals surface area contributed by atoms with Crippen LogP contribution < -0.4 is 21.5 Å². The number of amides is 1. The fourth-order valence-electron chi connectivity index (χ4n) is 1.83. The zero-order chi connectivity index (χ0) is 18.7. The number of nitrogens with one attached hydrogen (secondary N) is 2. The molecule has 0 bridgehead atoms. The molecule has 0 spiro atoms. The number of nitrogens with two attached hydrogens (primary N) is 2. The predicted octanol–water partition coefficient (Wildman–Crippen LogP) is -0.850. The van der Waals surface area contributed by atoms with Crippen molar-refractivity contribution in [3.8, 4) is 0 Å². The van der Waals surface area contributed by atoms with Gasteiger partial charge in [0.15, 0.2) is 5.96 Å². The summed E-state index contributed by atoms with van der Waals surface area (Å²) in [5.74, 6) is -0.308. The average molecular weight is 371 g/mol. The Morgan fingerprint density at radius 1 is 1.28 bits per heavy atom. The summed E-state index contributed by atoms with van der Waals surface area (Å²) in [7, 11) is -3.61. The van der Waals surface area contributed by atoms with Gasteiger partial charge in [0.1, 0.15) is 6.61 Å². The molecule has 1 aromatic rings. The van der Waals surface area contributed by atoms with E-state index in [0.717, 1.165) is 0 Å². The van der Waals surface area contributed by atoms with Crippen LogP contribution in [-0.4, -0.2) is 52.6 Å². The molecule has 6 N–H and O–H groups in total. The minimum Gasteiger partial charge on any atom is -0.372 e. The minimum atomic E-state index is -3.61. The zero-order valence-electron chi connectivity index (χ0n) is 14.1. The summed E-state index contributed by atoms with van der Waals surface area (Å²) >= 11 is 0. The highest BCUT2D eigenvalue weighted by molar-refractivity contribution is 7.89. The third-order valence-electron chi connectivity index (χ3n) is 2.99. The Morgan fingerprint density at radius 3 is 2.60 bits per heavy atom. The van der Waals surface area contributed by atoms with Gasteiger partial charge in [0.05, 0.1) is 4.90 Å². The van der Waals surface area contributed by atoms with E-state index in [1.54, 1.807) is 25.1 Å². The first-order valence-corrected chi connectivity index (χ1v) is 9.27. The molecule has 1 amide bonds. The molecule has 0 aliphatic heterocycles. The first kappa shape index (κ1) is 20.9. The van der Waals surface area contributed by atoms with Crippen molar-refractivity contribution in [1.82, 2.24) is 10.0 Å². The fraction of sp³-hybridized carbons (Fsp3) is 0.467. The molecule has 0 aliphatic rings. The molecule has 0 saturated carbocycles. The molecule has 140 valence electrons. The van der Waals surface area contributed by atoms with E-state index in [4.69, 9.17) is 16.2 Å². The molecule has 0 saturated heterocycles. The van der Waals surface area contributed by atoms with Crippen LogP contribution >= 0.6 is 0 Å². The lowest BCUT2D eigenvalue weighted by Crippen LogP contribution is -2.42. The van der Waals surface area contributed by atoms with Gasteiger partial charge in [0.25, 0.3) is 0 Å². The van der Waals surface area contributed by atoms with E-state index in [9.17, 15) is 13.2 Å². The van der Waals surface area contributed by atoms with Crippen molar-refractivity contribution in [1.29, 1.82) is 0 Å². The Balaban J connectivity index is 2.24. The first-order valence-electron chi connectivity index (χ1n) is 7.78. The molecule has 0 aromatic heterocycles. The summed E-state index contributed by atoms with van der Waals surface area (Å²) in [6.07, 6.45) is 0.596. The van der Waals surface area contributed by atoms with Crippen LogP contribution in [0.3, 0.4) is 0 Å². The molecule has 0 radical (unpaired) electrons. The van der Waals surface area contributed by atoms with Gasteiger partial charge < -0.3 is 21.5 Å². The minimum absolute atomic E-state index is 0.0182. The highest BCUT2D eigenvalue weighted by Crippen LogP contribution is 2.07. The first-order chi connectivity index (χ1) is 11.8. The van der Waals surface area contributed by atoms with E-state index in [2.05, 4.69) is 15.0 Å². The van der Waals surface area contributed by atoms with Gasteiger partial charge in [-0.3, -0.25) is 9.79 Å². The molecule has 1 unspecified atom stereocenters. The molecule has 0 fully saturated rings. The molecule has 1 aromatic carbocycles. The number of benzene rings is 1. The lowest BCUT2D eigenvalue weighted by atomic mass is 10.3. The summed E-state index contributed by atoms with van der Waals surface area (Å²) in [5.41, 5.74) is 10.4. The Hall–Kier alpha value is -2.17. The van der Waals surface area contributed by atoms with Gasteiger partial charge in [-0.1, -0.05) is 18.2 Å². The number of carbonyl (C=O) groups excluding carboxylic acids is 1. The summed E-state index contributed by atoms with van der Waals surface area (Å²) < 4.78 is 31.9. The summed E-state index contributed by atoms with van der Waals surface area (Å²) in [4.78, 5) is 15.6. The quantitative estimate of drug-likeness (QED) is 0.226. The Bertz CT molecular complexity index is 660. The van der Waals surface area contributed by atoms with E-state index in [0.29, 0.717) is 19.6 Å². The second kappa shape index (κ2) is 10.6. The van der Waals surface area contributed by atoms with Gasteiger partial charge in [0.2, 0.25) is 15.9 Å². The Morgan fingerprint density at radius 2 is 1.96 bits per heavy atom. The van der Waals surface area contributed by atoms with Crippen LogP contribution in [0.2, 0.25) is 0 Å². The summed E-state index contributed by atoms with van der Waals surface area (Å²) in [6.45, 7) is 2.49. The third kappa shape index (κ3) is 9.03. The lowest BCUT2D eigenvalue weighted by Gasteiger charge is -2.15. The molecule has 1 rings (SSSR count). The Labute approximate surface area is 147 Å². The van der Waals surface area contributed by atoms with Crippen molar-refractivity contribution >= 4 is 21.9 Å². The van der Waals surface area contributed by atoms with Gasteiger partial charge in [-0.25, -0.2) is 13.1 Å². The van der Waals surface area contributed by atoms with Crippen molar-refractivity contribution < 1.29 is 17.9 Å². The number of guanidine groups is 1. The van der Waals surface area contributed by atoms with Crippen molar-refractivity contribution in [2.24, 2.45) is 16.5 Å². The molecular weight excluding hydrogens is 346 g/mol. The maximum absolute atomic E-state index is 12.1. The van der Waals surface area contributed by atoms with Crippen LogP contribution in [0, 0.1) is 0 Å². The summed E-state index contributed by atoms with van der Waals surface area (Å²) in [6, 6.07) is 7.57. The molecular formula is C15H25N5O4S. The second-order valence-corrected chi connectivity index (χ2v) is 7.07. The van der Waals surface area contributed by atoms with Crippen LogP contribution in [0.25, 0.3) is 0 Å². The smallest absolute Gasteiger partial charge is 0.246 e. The van der Waals surface area contributed by atoms with Crippen LogP contribution in [0.15, 0.2) is 40.2 Å². The molecule has 0 heterocycles. The number of rotatable bonds is 11. The average Bonchev–Trinajstić information content (AvgIpc) is 2.56. The van der Waals surface area contributed by atoms with E-state index < -0.39 is 16.1 Å².